The zero-order valence-electron chi connectivity index (χ0n) is 15.8. The van der Waals surface area contributed by atoms with Gasteiger partial charge in [-0.15, -0.1) is 11.8 Å². The smallest absolute Gasteiger partial charge is 0.233 e. The van der Waals surface area contributed by atoms with E-state index in [0.29, 0.717) is 11.6 Å². The molecule has 0 bridgehead atoms. The van der Waals surface area contributed by atoms with E-state index in [9.17, 15) is 4.79 Å². The van der Waals surface area contributed by atoms with E-state index in [2.05, 4.69) is 41.4 Å². The minimum absolute atomic E-state index is 0.0911. The van der Waals surface area contributed by atoms with Crippen molar-refractivity contribution in [3.05, 3.63) is 64.7 Å². The number of amides is 1. The second-order valence-corrected chi connectivity index (χ2v) is 8.65. The molecule has 1 amide bonds. The molecular formula is C22H27ClN2OS. The summed E-state index contributed by atoms with van der Waals surface area (Å²) in [6, 6.07) is 16.1. The van der Waals surface area contributed by atoms with E-state index in [0.717, 1.165) is 17.9 Å². The molecule has 0 unspecified atom stereocenters. The summed E-state index contributed by atoms with van der Waals surface area (Å²) in [4.78, 5) is 16.3. The first-order chi connectivity index (χ1) is 13.2. The third-order valence-corrected chi connectivity index (χ3v) is 6.55. The maximum atomic E-state index is 12.7. The number of nitrogens with zero attached hydrogens (tertiary/aromatic N) is 1. The largest absolute Gasteiger partial charge is 0.351 e. The lowest BCUT2D eigenvalue weighted by atomic mass is 10.1. The lowest BCUT2D eigenvalue weighted by Gasteiger charge is -2.19. The molecule has 1 aliphatic rings. The van der Waals surface area contributed by atoms with E-state index in [1.54, 1.807) is 11.8 Å². The van der Waals surface area contributed by atoms with E-state index < -0.39 is 0 Å². The first kappa shape index (κ1) is 20.2. The van der Waals surface area contributed by atoms with Gasteiger partial charge in [-0.1, -0.05) is 42.8 Å². The molecule has 27 heavy (non-hydrogen) atoms. The first-order valence-corrected chi connectivity index (χ1v) is 10.9. The summed E-state index contributed by atoms with van der Waals surface area (Å²) in [7, 11) is 0. The molecule has 144 valence electrons. The van der Waals surface area contributed by atoms with Crippen LogP contribution in [0, 0.1) is 0 Å². The van der Waals surface area contributed by atoms with Crippen LogP contribution in [0.15, 0.2) is 53.4 Å². The van der Waals surface area contributed by atoms with Crippen molar-refractivity contribution in [2.75, 3.05) is 13.1 Å². The van der Waals surface area contributed by atoms with Crippen molar-refractivity contribution in [3.8, 4) is 0 Å². The van der Waals surface area contributed by atoms with E-state index >= 15 is 0 Å². The number of hydrogen-bond donors (Lipinski definition) is 1. The van der Waals surface area contributed by atoms with Gasteiger partial charge in [0.05, 0.1) is 5.25 Å². The highest BCUT2D eigenvalue weighted by molar-refractivity contribution is 8.00. The van der Waals surface area contributed by atoms with Crippen LogP contribution in [-0.2, 0) is 17.9 Å². The number of nitrogens with one attached hydrogen (secondary N) is 1. The molecule has 1 N–H and O–H groups in total. The van der Waals surface area contributed by atoms with Crippen LogP contribution in [0.5, 0.6) is 0 Å². The van der Waals surface area contributed by atoms with Gasteiger partial charge >= 0.3 is 0 Å². The molecule has 1 atom stereocenters. The Bertz CT molecular complexity index is 744. The summed E-state index contributed by atoms with van der Waals surface area (Å²) in [5, 5.41) is 3.76. The van der Waals surface area contributed by atoms with Crippen molar-refractivity contribution in [3.63, 3.8) is 0 Å². The maximum absolute atomic E-state index is 12.7. The number of hydrogen-bond acceptors (Lipinski definition) is 3. The third-order valence-electron chi connectivity index (χ3n) is 4.92. The van der Waals surface area contributed by atoms with Crippen LogP contribution < -0.4 is 5.32 Å². The third kappa shape index (κ3) is 6.00. The van der Waals surface area contributed by atoms with Gasteiger partial charge in [-0.2, -0.15) is 0 Å². The van der Waals surface area contributed by atoms with Gasteiger partial charge in [0.2, 0.25) is 5.91 Å². The average molecular weight is 403 g/mol. The highest BCUT2D eigenvalue weighted by Crippen LogP contribution is 2.27. The van der Waals surface area contributed by atoms with Gasteiger partial charge in [0, 0.05) is 23.0 Å². The Labute approximate surface area is 171 Å². The Kier molecular flexibility index (Phi) is 7.62. The number of halogens is 1. The fourth-order valence-corrected chi connectivity index (χ4v) is 4.47. The topological polar surface area (TPSA) is 32.3 Å². The quantitative estimate of drug-likeness (QED) is 0.621. The molecule has 5 heteroatoms. The van der Waals surface area contributed by atoms with Gasteiger partial charge in [-0.05, 0) is 67.7 Å². The molecule has 0 spiro atoms. The van der Waals surface area contributed by atoms with Gasteiger partial charge in [0.15, 0.2) is 0 Å². The highest BCUT2D eigenvalue weighted by atomic mass is 35.5. The Hall–Kier alpha value is -1.49. The zero-order chi connectivity index (χ0) is 19.1. The summed E-state index contributed by atoms with van der Waals surface area (Å²) < 4.78 is 0. The summed E-state index contributed by atoms with van der Waals surface area (Å²) >= 11 is 7.54. The molecule has 1 fully saturated rings. The van der Waals surface area contributed by atoms with Crippen LogP contribution in [-0.4, -0.2) is 29.1 Å². The molecule has 1 aliphatic heterocycles. The van der Waals surface area contributed by atoms with Gasteiger partial charge in [0.25, 0.3) is 0 Å². The SMILES string of the molecule is CC[C@@H](Sc1ccc(Cl)cc1)C(=O)NCc1ccccc1CN1CCCC1. The Morgan fingerprint density at radius 3 is 2.44 bits per heavy atom. The van der Waals surface area contributed by atoms with Crippen molar-refractivity contribution >= 4 is 29.3 Å². The molecule has 1 saturated heterocycles. The van der Waals surface area contributed by atoms with Crippen LogP contribution in [0.3, 0.4) is 0 Å². The zero-order valence-corrected chi connectivity index (χ0v) is 17.4. The van der Waals surface area contributed by atoms with Crippen LogP contribution >= 0.6 is 23.4 Å². The predicted octanol–water partition coefficient (Wildman–Crippen LogP) is 5.12. The van der Waals surface area contributed by atoms with Crippen LogP contribution in [0.1, 0.15) is 37.3 Å². The lowest BCUT2D eigenvalue weighted by molar-refractivity contribution is -0.120. The molecule has 2 aromatic carbocycles. The van der Waals surface area contributed by atoms with E-state index in [4.69, 9.17) is 11.6 Å². The van der Waals surface area contributed by atoms with E-state index in [-0.39, 0.29) is 11.2 Å². The predicted molar refractivity (Wildman–Crippen MR) is 114 cm³/mol. The van der Waals surface area contributed by atoms with E-state index in [1.807, 2.05) is 24.3 Å². The van der Waals surface area contributed by atoms with Gasteiger partial charge in [-0.25, -0.2) is 0 Å². The van der Waals surface area contributed by atoms with Crippen LogP contribution in [0.4, 0.5) is 0 Å². The first-order valence-electron chi connectivity index (χ1n) is 9.65. The summed E-state index contributed by atoms with van der Waals surface area (Å²) in [6.07, 6.45) is 3.37. The number of thioether (sulfide) groups is 1. The van der Waals surface area contributed by atoms with Crippen molar-refractivity contribution in [2.24, 2.45) is 0 Å². The second kappa shape index (κ2) is 10.2. The summed E-state index contributed by atoms with van der Waals surface area (Å²) in [6.45, 7) is 5.96. The monoisotopic (exact) mass is 402 g/mol. The fraction of sp³-hybridized carbons (Fsp3) is 0.409. The molecule has 0 aromatic heterocycles. The van der Waals surface area contributed by atoms with Crippen LogP contribution in [0.25, 0.3) is 0 Å². The average Bonchev–Trinajstić information content (AvgIpc) is 3.19. The minimum atomic E-state index is -0.100. The fourth-order valence-electron chi connectivity index (χ4n) is 3.36. The molecule has 0 aliphatic carbocycles. The van der Waals surface area contributed by atoms with Gasteiger partial charge < -0.3 is 5.32 Å². The molecule has 3 rings (SSSR count). The second-order valence-electron chi connectivity index (χ2n) is 6.94. The van der Waals surface area contributed by atoms with Gasteiger partial charge in [-0.3, -0.25) is 9.69 Å². The highest BCUT2D eigenvalue weighted by Gasteiger charge is 2.18. The summed E-state index contributed by atoms with van der Waals surface area (Å²) in [5.41, 5.74) is 2.53. The standard InChI is InChI=1S/C22H27ClN2OS/c1-2-21(27-20-11-9-19(23)10-12-20)22(26)24-15-17-7-3-4-8-18(17)16-25-13-5-6-14-25/h3-4,7-12,21H,2,5-6,13-16H2,1H3,(H,24,26)/t21-/m1/s1. The minimum Gasteiger partial charge on any atom is -0.351 e. The maximum Gasteiger partial charge on any atom is 0.233 e. The van der Waals surface area contributed by atoms with Crippen molar-refractivity contribution in [1.29, 1.82) is 0 Å². The number of rotatable bonds is 8. The lowest BCUT2D eigenvalue weighted by Crippen LogP contribution is -2.32. The van der Waals surface area contributed by atoms with Crippen molar-refractivity contribution in [2.45, 2.75) is 49.4 Å². The van der Waals surface area contributed by atoms with Crippen molar-refractivity contribution in [1.82, 2.24) is 10.2 Å². The Morgan fingerprint density at radius 1 is 1.11 bits per heavy atom. The Balaban J connectivity index is 1.58. The van der Waals surface area contributed by atoms with Crippen LogP contribution in [0.2, 0.25) is 5.02 Å². The number of benzene rings is 2. The van der Waals surface area contributed by atoms with Gasteiger partial charge in [0.1, 0.15) is 0 Å². The molecule has 3 nitrogen and oxygen atoms in total. The molecule has 2 aromatic rings. The van der Waals surface area contributed by atoms with E-state index in [1.165, 1.54) is 37.1 Å². The summed E-state index contributed by atoms with van der Waals surface area (Å²) in [5.74, 6) is 0.0911. The molecule has 0 saturated carbocycles. The normalized spacial score (nSPS) is 15.6. The molecular weight excluding hydrogens is 376 g/mol. The molecule has 1 heterocycles. The van der Waals surface area contributed by atoms with Crippen molar-refractivity contribution < 1.29 is 4.79 Å². The Morgan fingerprint density at radius 2 is 1.78 bits per heavy atom. The molecule has 0 radical (unpaired) electrons. The number of likely N-dealkylation sites (tertiary alicyclic amines) is 1. The number of carbonyl (C=O) groups is 1. The number of carbonyl (C=O) groups excluding carboxylic acids is 1.